The number of hydrogen-bond donors (Lipinski definition) is 0. The van der Waals surface area contributed by atoms with E-state index in [1.807, 2.05) is 11.0 Å². The van der Waals surface area contributed by atoms with Gasteiger partial charge in [0.2, 0.25) is 0 Å². The number of rotatable bonds is 2. The third kappa shape index (κ3) is 3.58. The number of carbonyl (C=O) groups is 1. The zero-order valence-electron chi connectivity index (χ0n) is 15.1. The van der Waals surface area contributed by atoms with Crippen molar-refractivity contribution in [3.8, 4) is 6.07 Å². The number of fused-ring (bicyclic) bond motifs is 1. The van der Waals surface area contributed by atoms with E-state index < -0.39 is 0 Å². The van der Waals surface area contributed by atoms with Crippen molar-refractivity contribution in [1.82, 2.24) is 9.80 Å². The Morgan fingerprint density at radius 3 is 2.63 bits per heavy atom. The van der Waals surface area contributed by atoms with E-state index in [0.717, 1.165) is 32.5 Å². The van der Waals surface area contributed by atoms with Crippen LogP contribution in [0, 0.1) is 11.3 Å². The van der Waals surface area contributed by atoms with Crippen LogP contribution >= 0.6 is 11.6 Å². The van der Waals surface area contributed by atoms with Crippen LogP contribution in [0.25, 0.3) is 0 Å². The molecule has 2 fully saturated rings. The van der Waals surface area contributed by atoms with Crippen molar-refractivity contribution in [2.24, 2.45) is 0 Å². The maximum absolute atomic E-state index is 13.0. The number of piperazine rings is 1. The van der Waals surface area contributed by atoms with Crippen LogP contribution in [0.2, 0.25) is 5.02 Å². The number of nitrogens with zero attached hydrogens (tertiary/aromatic N) is 3. The minimum Gasteiger partial charge on any atom is -0.336 e. The lowest BCUT2D eigenvalue weighted by atomic mass is 9.86. The van der Waals surface area contributed by atoms with Gasteiger partial charge in [0.05, 0.1) is 16.1 Å². The molecule has 1 amide bonds. The molecule has 2 aromatic rings. The predicted octanol–water partition coefficient (Wildman–Crippen LogP) is 3.92. The number of piperidine rings is 1. The topological polar surface area (TPSA) is 47.3 Å². The van der Waals surface area contributed by atoms with Crippen LogP contribution in [0.15, 0.2) is 48.5 Å². The second-order valence-electron chi connectivity index (χ2n) is 7.36. The van der Waals surface area contributed by atoms with Crippen molar-refractivity contribution in [3.63, 3.8) is 0 Å². The number of amides is 1. The Bertz CT molecular complexity index is 877. The van der Waals surface area contributed by atoms with Crippen LogP contribution < -0.4 is 0 Å². The average molecular weight is 380 g/mol. The van der Waals surface area contributed by atoms with Crippen molar-refractivity contribution in [1.29, 1.82) is 5.26 Å². The predicted molar refractivity (Wildman–Crippen MR) is 106 cm³/mol. The van der Waals surface area contributed by atoms with Crippen LogP contribution in [0.4, 0.5) is 0 Å². The molecule has 0 spiro atoms. The molecule has 2 aliphatic rings. The van der Waals surface area contributed by atoms with E-state index in [4.69, 9.17) is 16.9 Å². The van der Waals surface area contributed by atoms with E-state index in [2.05, 4.69) is 35.2 Å². The van der Waals surface area contributed by atoms with Crippen LogP contribution in [0.5, 0.6) is 0 Å². The summed E-state index contributed by atoms with van der Waals surface area (Å²) in [5.41, 5.74) is 2.20. The van der Waals surface area contributed by atoms with Gasteiger partial charge in [-0.25, -0.2) is 0 Å². The second-order valence-corrected chi connectivity index (χ2v) is 7.74. The third-order valence-corrected chi connectivity index (χ3v) is 6.22. The van der Waals surface area contributed by atoms with E-state index in [1.165, 1.54) is 5.56 Å². The lowest BCUT2D eigenvalue weighted by Crippen LogP contribution is -2.57. The lowest BCUT2D eigenvalue weighted by molar-refractivity contribution is 0.0329. The Hall–Kier alpha value is -2.35. The lowest BCUT2D eigenvalue weighted by Gasteiger charge is -2.46. The Morgan fingerprint density at radius 1 is 1.04 bits per heavy atom. The highest BCUT2D eigenvalue weighted by molar-refractivity contribution is 6.34. The molecule has 0 aliphatic carbocycles. The fourth-order valence-electron chi connectivity index (χ4n) is 4.31. The molecular weight excluding hydrogens is 358 g/mol. The van der Waals surface area contributed by atoms with Gasteiger partial charge in [0.25, 0.3) is 5.91 Å². The van der Waals surface area contributed by atoms with Gasteiger partial charge in [0, 0.05) is 32.2 Å². The van der Waals surface area contributed by atoms with Crippen molar-refractivity contribution in [2.45, 2.75) is 24.8 Å². The van der Waals surface area contributed by atoms with E-state index in [1.54, 1.807) is 18.2 Å². The van der Waals surface area contributed by atoms with E-state index in [0.29, 0.717) is 29.6 Å². The van der Waals surface area contributed by atoms with Crippen molar-refractivity contribution in [3.05, 3.63) is 70.2 Å². The zero-order chi connectivity index (χ0) is 18.8. The number of carbonyl (C=O) groups excluding carboxylic acids is 1. The van der Waals surface area contributed by atoms with Gasteiger partial charge in [-0.15, -0.1) is 0 Å². The first-order chi connectivity index (χ1) is 13.2. The Kier molecular flexibility index (Phi) is 5.15. The second kappa shape index (κ2) is 7.72. The fraction of sp³-hybridized carbons (Fsp3) is 0.364. The molecule has 4 nitrogen and oxygen atoms in total. The molecule has 2 atom stereocenters. The van der Waals surface area contributed by atoms with Crippen LogP contribution in [-0.4, -0.2) is 47.9 Å². The molecule has 2 heterocycles. The molecule has 2 aliphatic heterocycles. The molecule has 5 heteroatoms. The van der Waals surface area contributed by atoms with Gasteiger partial charge in [-0.3, -0.25) is 9.69 Å². The molecule has 0 radical (unpaired) electrons. The highest BCUT2D eigenvalue weighted by atomic mass is 35.5. The van der Waals surface area contributed by atoms with Gasteiger partial charge >= 0.3 is 0 Å². The molecule has 2 aromatic carbocycles. The van der Waals surface area contributed by atoms with Gasteiger partial charge in [-0.1, -0.05) is 48.0 Å². The van der Waals surface area contributed by atoms with Gasteiger partial charge in [-0.05, 0) is 36.5 Å². The summed E-state index contributed by atoms with van der Waals surface area (Å²) >= 11 is 6.27. The van der Waals surface area contributed by atoms with Crippen molar-refractivity contribution < 1.29 is 4.79 Å². The Labute approximate surface area is 165 Å². The molecule has 0 unspecified atom stereocenters. The molecule has 4 rings (SSSR count). The first kappa shape index (κ1) is 18.0. The third-order valence-electron chi connectivity index (χ3n) is 5.82. The average Bonchev–Trinajstić information content (AvgIpc) is 2.73. The highest BCUT2D eigenvalue weighted by Gasteiger charge is 2.35. The summed E-state index contributed by atoms with van der Waals surface area (Å²) in [5, 5.41) is 9.41. The standard InChI is InChI=1S/C22H22ClN3O/c23-21-17(13-24)7-4-8-20(21)22(27)26-12-11-25-14-18(9-10-19(25)15-26)16-5-2-1-3-6-16/h1-8,18-19H,9-12,14-15H2/t18-,19+/m0/s1. The maximum atomic E-state index is 13.0. The van der Waals surface area contributed by atoms with Gasteiger partial charge in [-0.2, -0.15) is 5.26 Å². The molecule has 2 saturated heterocycles. The summed E-state index contributed by atoms with van der Waals surface area (Å²) in [6.45, 7) is 3.37. The summed E-state index contributed by atoms with van der Waals surface area (Å²) in [5.74, 6) is 0.508. The summed E-state index contributed by atoms with van der Waals surface area (Å²) in [4.78, 5) is 17.4. The molecule has 27 heavy (non-hydrogen) atoms. The van der Waals surface area contributed by atoms with E-state index >= 15 is 0 Å². The fourth-order valence-corrected chi connectivity index (χ4v) is 4.56. The number of hydrogen-bond acceptors (Lipinski definition) is 3. The molecular formula is C22H22ClN3O. The number of halogens is 1. The zero-order valence-corrected chi connectivity index (χ0v) is 15.9. The molecule has 0 N–H and O–H groups in total. The molecule has 0 aromatic heterocycles. The smallest absolute Gasteiger partial charge is 0.255 e. The summed E-state index contributed by atoms with van der Waals surface area (Å²) in [6, 6.07) is 18.2. The van der Waals surface area contributed by atoms with Gasteiger partial charge in [0.15, 0.2) is 0 Å². The van der Waals surface area contributed by atoms with E-state index in [-0.39, 0.29) is 10.9 Å². The van der Waals surface area contributed by atoms with Crippen molar-refractivity contribution >= 4 is 17.5 Å². The SMILES string of the molecule is N#Cc1cccc(C(=O)N2CCN3C[C@@H](c4ccccc4)CC[C@@H]3C2)c1Cl. The normalized spacial score (nSPS) is 22.7. The maximum Gasteiger partial charge on any atom is 0.255 e. The number of benzene rings is 2. The largest absolute Gasteiger partial charge is 0.336 e. The van der Waals surface area contributed by atoms with Gasteiger partial charge in [0.1, 0.15) is 6.07 Å². The molecule has 138 valence electrons. The quantitative estimate of drug-likeness (QED) is 0.794. The van der Waals surface area contributed by atoms with E-state index in [9.17, 15) is 4.79 Å². The summed E-state index contributed by atoms with van der Waals surface area (Å²) in [6.07, 6.45) is 2.24. The minimum atomic E-state index is -0.0677. The first-order valence-electron chi connectivity index (χ1n) is 9.44. The van der Waals surface area contributed by atoms with Crippen LogP contribution in [0.1, 0.15) is 40.2 Å². The van der Waals surface area contributed by atoms with Crippen molar-refractivity contribution in [2.75, 3.05) is 26.2 Å². The Balaban J connectivity index is 1.44. The number of nitriles is 1. The van der Waals surface area contributed by atoms with Crippen LogP contribution in [-0.2, 0) is 0 Å². The highest BCUT2D eigenvalue weighted by Crippen LogP contribution is 2.32. The van der Waals surface area contributed by atoms with Crippen LogP contribution in [0.3, 0.4) is 0 Å². The first-order valence-corrected chi connectivity index (χ1v) is 9.82. The summed E-state index contributed by atoms with van der Waals surface area (Å²) in [7, 11) is 0. The molecule has 0 saturated carbocycles. The van der Waals surface area contributed by atoms with Gasteiger partial charge < -0.3 is 4.90 Å². The summed E-state index contributed by atoms with van der Waals surface area (Å²) < 4.78 is 0. The minimum absolute atomic E-state index is 0.0677. The monoisotopic (exact) mass is 379 g/mol. The molecule has 0 bridgehead atoms. The Morgan fingerprint density at radius 2 is 1.85 bits per heavy atom.